The van der Waals surface area contributed by atoms with Gasteiger partial charge in [0.05, 0.1) is 49.5 Å². The minimum Gasteiger partial charge on any atom is -0.459 e. The number of benzene rings is 1. The molecule has 2 amide bonds. The molecule has 1 aromatic carbocycles. The standard InChI is InChI=1S/C36H46ClN9O5/c1-3-39-28-8-7-26(37)18-27(28)36(49)45-12-5-4-6-30(45)29-19-32-41-35(24(2)21-46(32)42-29)44-22-25(20-38)31(23-44)51-34(48)10-9-33(47)40-11-13-43-14-16-50-17-15-43/h7-8,18-19,21,25,30-31,39H,3-6,9-17,22-23H2,1-2H3,(H,40,47)/t25-,30+,31+/m1/s1. The van der Waals surface area contributed by atoms with Gasteiger partial charge < -0.3 is 29.9 Å². The van der Waals surface area contributed by atoms with Crippen LogP contribution in [0, 0.1) is 24.2 Å². The van der Waals surface area contributed by atoms with Crippen LogP contribution in [0.15, 0.2) is 30.5 Å². The van der Waals surface area contributed by atoms with Gasteiger partial charge in [-0.3, -0.25) is 19.3 Å². The number of rotatable bonds is 12. The zero-order valence-corrected chi connectivity index (χ0v) is 30.0. The number of aryl methyl sites for hydroxylation is 1. The lowest BCUT2D eigenvalue weighted by Gasteiger charge is -2.35. The summed E-state index contributed by atoms with van der Waals surface area (Å²) in [6.07, 6.45) is 3.86. The Balaban J connectivity index is 1.09. The summed E-state index contributed by atoms with van der Waals surface area (Å²) in [4.78, 5) is 50.0. The number of carbonyl (C=O) groups is 3. The molecule has 3 aliphatic rings. The van der Waals surface area contributed by atoms with Gasteiger partial charge in [0, 0.05) is 80.8 Å². The van der Waals surface area contributed by atoms with Gasteiger partial charge in [-0.2, -0.15) is 10.4 Å². The third kappa shape index (κ3) is 8.72. The Morgan fingerprint density at radius 1 is 1.12 bits per heavy atom. The lowest BCUT2D eigenvalue weighted by atomic mass is 9.98. The van der Waals surface area contributed by atoms with E-state index in [0.717, 1.165) is 55.8 Å². The van der Waals surface area contributed by atoms with E-state index in [-0.39, 0.29) is 30.7 Å². The predicted molar refractivity (Wildman–Crippen MR) is 192 cm³/mol. The molecular formula is C36H46ClN9O5. The molecule has 2 N–H and O–H groups in total. The molecule has 0 bridgehead atoms. The van der Waals surface area contributed by atoms with Gasteiger partial charge in [0.25, 0.3) is 5.91 Å². The molecule has 0 saturated carbocycles. The number of nitriles is 1. The predicted octanol–water partition coefficient (Wildman–Crippen LogP) is 3.59. The van der Waals surface area contributed by atoms with Crippen molar-refractivity contribution in [3.8, 4) is 6.07 Å². The fourth-order valence-electron chi connectivity index (χ4n) is 7.08. The Labute approximate surface area is 303 Å². The molecule has 0 radical (unpaired) electrons. The number of amides is 2. The second-order valence-corrected chi connectivity index (χ2v) is 13.8. The molecule has 3 atom stereocenters. The highest BCUT2D eigenvalue weighted by Crippen LogP contribution is 2.35. The molecule has 51 heavy (non-hydrogen) atoms. The Morgan fingerprint density at radius 3 is 2.73 bits per heavy atom. The van der Waals surface area contributed by atoms with Crippen LogP contribution in [0.4, 0.5) is 11.5 Å². The monoisotopic (exact) mass is 719 g/mol. The van der Waals surface area contributed by atoms with Crippen LogP contribution in [-0.2, 0) is 19.1 Å². The number of ether oxygens (including phenoxy) is 2. The SMILES string of the molecule is CCNc1ccc(Cl)cc1C(=O)N1CCCC[C@H]1c1cc2nc(N3C[C@@H](C#N)[C@@H](OC(=O)CCC(=O)NCCN4CCOCC4)C3)c(C)cn2n1. The third-order valence-electron chi connectivity index (χ3n) is 9.73. The van der Waals surface area contributed by atoms with E-state index in [1.54, 1.807) is 16.6 Å². The van der Waals surface area contributed by atoms with E-state index in [9.17, 15) is 19.6 Å². The number of morpholine rings is 1. The van der Waals surface area contributed by atoms with Crippen LogP contribution in [-0.4, -0.2) is 114 Å². The van der Waals surface area contributed by atoms with Gasteiger partial charge in [0.2, 0.25) is 5.91 Å². The van der Waals surface area contributed by atoms with E-state index in [1.807, 2.05) is 42.0 Å². The van der Waals surface area contributed by atoms with Crippen molar-refractivity contribution in [2.75, 3.05) is 75.8 Å². The number of piperidine rings is 1. The van der Waals surface area contributed by atoms with Crippen molar-refractivity contribution in [2.24, 2.45) is 5.92 Å². The van der Waals surface area contributed by atoms with Crippen LogP contribution >= 0.6 is 11.6 Å². The fourth-order valence-corrected chi connectivity index (χ4v) is 7.25. The van der Waals surface area contributed by atoms with E-state index in [1.165, 1.54) is 0 Å². The first-order chi connectivity index (χ1) is 24.7. The number of carbonyl (C=O) groups excluding carboxylic acids is 3. The molecule has 0 spiro atoms. The number of esters is 1. The number of fused-ring (bicyclic) bond motifs is 1. The molecule has 5 heterocycles. The second kappa shape index (κ2) is 16.7. The van der Waals surface area contributed by atoms with E-state index in [2.05, 4.69) is 21.6 Å². The largest absolute Gasteiger partial charge is 0.459 e. The highest BCUT2D eigenvalue weighted by atomic mass is 35.5. The number of anilines is 2. The molecule has 14 nitrogen and oxygen atoms in total. The first-order valence-corrected chi connectivity index (χ1v) is 18.2. The lowest BCUT2D eigenvalue weighted by molar-refractivity contribution is -0.150. The van der Waals surface area contributed by atoms with Crippen LogP contribution in [0.5, 0.6) is 0 Å². The van der Waals surface area contributed by atoms with Crippen molar-refractivity contribution in [2.45, 2.75) is 58.1 Å². The van der Waals surface area contributed by atoms with Crippen LogP contribution in [0.2, 0.25) is 5.02 Å². The highest BCUT2D eigenvalue weighted by molar-refractivity contribution is 6.31. The van der Waals surface area contributed by atoms with Crippen molar-refractivity contribution in [1.29, 1.82) is 5.26 Å². The van der Waals surface area contributed by atoms with Crippen LogP contribution in [0.1, 0.15) is 66.7 Å². The summed E-state index contributed by atoms with van der Waals surface area (Å²) in [5.41, 5.74) is 3.51. The van der Waals surface area contributed by atoms with Crippen molar-refractivity contribution < 1.29 is 23.9 Å². The normalized spacial score (nSPS) is 21.0. The fraction of sp³-hybridized carbons (Fsp3) is 0.556. The summed E-state index contributed by atoms with van der Waals surface area (Å²) in [7, 11) is 0. The average molecular weight is 720 g/mol. The summed E-state index contributed by atoms with van der Waals surface area (Å²) in [6, 6.07) is 9.31. The smallest absolute Gasteiger partial charge is 0.306 e. The number of nitrogens with zero attached hydrogens (tertiary/aromatic N) is 7. The molecule has 6 rings (SSSR count). The topological polar surface area (TPSA) is 157 Å². The van der Waals surface area contributed by atoms with Gasteiger partial charge in [-0.25, -0.2) is 9.50 Å². The van der Waals surface area contributed by atoms with Gasteiger partial charge >= 0.3 is 5.97 Å². The Hall–Kier alpha value is -4.45. The van der Waals surface area contributed by atoms with Gasteiger partial charge in [-0.15, -0.1) is 0 Å². The molecular weight excluding hydrogens is 674 g/mol. The molecule has 3 saturated heterocycles. The van der Waals surface area contributed by atoms with Gasteiger partial charge in [-0.05, 0) is 51.3 Å². The molecule has 15 heteroatoms. The van der Waals surface area contributed by atoms with E-state index >= 15 is 0 Å². The first-order valence-electron chi connectivity index (χ1n) is 17.9. The summed E-state index contributed by atoms with van der Waals surface area (Å²) < 4.78 is 12.8. The lowest BCUT2D eigenvalue weighted by Crippen LogP contribution is -2.41. The second-order valence-electron chi connectivity index (χ2n) is 13.3. The zero-order valence-electron chi connectivity index (χ0n) is 29.3. The van der Waals surface area contributed by atoms with Crippen molar-refractivity contribution in [3.63, 3.8) is 0 Å². The van der Waals surface area contributed by atoms with Crippen molar-refractivity contribution in [3.05, 3.63) is 52.3 Å². The highest BCUT2D eigenvalue weighted by Gasteiger charge is 2.38. The van der Waals surface area contributed by atoms with Gasteiger partial charge in [-0.1, -0.05) is 11.6 Å². The molecule has 272 valence electrons. The summed E-state index contributed by atoms with van der Waals surface area (Å²) in [5.74, 6) is -0.674. The zero-order chi connectivity index (χ0) is 35.9. The van der Waals surface area contributed by atoms with E-state index < -0.39 is 18.0 Å². The van der Waals surface area contributed by atoms with Crippen molar-refractivity contribution in [1.82, 2.24) is 29.7 Å². The number of hydrogen-bond acceptors (Lipinski definition) is 11. The molecule has 3 fully saturated rings. The molecule has 2 aromatic heterocycles. The molecule has 3 aliphatic heterocycles. The summed E-state index contributed by atoms with van der Waals surface area (Å²) in [5, 5.41) is 21.4. The molecule has 0 aliphatic carbocycles. The van der Waals surface area contributed by atoms with Gasteiger partial charge in [0.15, 0.2) is 5.65 Å². The summed E-state index contributed by atoms with van der Waals surface area (Å²) in [6.45, 7) is 10.2. The number of halogens is 1. The van der Waals surface area contributed by atoms with E-state index in [0.29, 0.717) is 68.0 Å². The first kappa shape index (κ1) is 36.3. The third-order valence-corrected chi connectivity index (χ3v) is 9.97. The number of likely N-dealkylation sites (tertiary alicyclic amines) is 1. The maximum atomic E-state index is 13.9. The molecule has 3 aromatic rings. The van der Waals surface area contributed by atoms with E-state index in [4.69, 9.17) is 31.2 Å². The maximum absolute atomic E-state index is 13.9. The maximum Gasteiger partial charge on any atom is 0.306 e. The minimum absolute atomic E-state index is 0.0242. The quantitative estimate of drug-likeness (QED) is 0.264. The molecule has 0 unspecified atom stereocenters. The Kier molecular flexibility index (Phi) is 11.9. The Morgan fingerprint density at radius 2 is 1.94 bits per heavy atom. The average Bonchev–Trinajstić information content (AvgIpc) is 3.74. The Bertz CT molecular complexity index is 1770. The van der Waals surface area contributed by atoms with Crippen LogP contribution in [0.25, 0.3) is 5.65 Å². The van der Waals surface area contributed by atoms with Gasteiger partial charge in [0.1, 0.15) is 17.8 Å². The summed E-state index contributed by atoms with van der Waals surface area (Å²) >= 11 is 6.32. The number of hydrogen-bond donors (Lipinski definition) is 2. The van der Waals surface area contributed by atoms with Crippen LogP contribution < -0.4 is 15.5 Å². The van der Waals surface area contributed by atoms with Crippen LogP contribution in [0.3, 0.4) is 0 Å². The number of nitrogens with one attached hydrogen (secondary N) is 2. The van der Waals surface area contributed by atoms with Crippen molar-refractivity contribution >= 4 is 46.5 Å². The number of aromatic nitrogens is 3. The minimum atomic E-state index is -0.648.